The van der Waals surface area contributed by atoms with E-state index in [2.05, 4.69) is 12.2 Å². The van der Waals surface area contributed by atoms with Crippen molar-refractivity contribution < 1.29 is 4.79 Å². The molecule has 0 aliphatic carbocycles. The van der Waals surface area contributed by atoms with Crippen LogP contribution < -0.4 is 5.32 Å². The summed E-state index contributed by atoms with van der Waals surface area (Å²) in [7, 11) is 3.61. The number of benzene rings is 1. The molecule has 0 radical (unpaired) electrons. The molecule has 1 aromatic rings. The smallest absolute Gasteiger partial charge is 0.255 e. The van der Waals surface area contributed by atoms with Crippen LogP contribution in [0.5, 0.6) is 0 Å². The third-order valence-corrected chi connectivity index (χ3v) is 3.29. The van der Waals surface area contributed by atoms with Crippen molar-refractivity contribution in [2.75, 3.05) is 19.4 Å². The minimum Gasteiger partial charge on any atom is -0.387 e. The predicted molar refractivity (Wildman–Crippen MR) is 72.8 cm³/mol. The molecule has 0 aliphatic rings. The van der Waals surface area contributed by atoms with E-state index >= 15 is 0 Å². The summed E-state index contributed by atoms with van der Waals surface area (Å²) < 4.78 is 0. The van der Waals surface area contributed by atoms with E-state index in [1.165, 1.54) is 0 Å². The normalized spacial score (nSPS) is 12.1. The van der Waals surface area contributed by atoms with Gasteiger partial charge < -0.3 is 10.2 Å². The van der Waals surface area contributed by atoms with Crippen molar-refractivity contribution in [2.45, 2.75) is 26.3 Å². The Morgan fingerprint density at radius 2 is 2.18 bits per heavy atom. The van der Waals surface area contributed by atoms with Crippen molar-refractivity contribution in [3.05, 3.63) is 28.8 Å². The molecule has 0 bridgehead atoms. The summed E-state index contributed by atoms with van der Waals surface area (Å²) in [5.41, 5.74) is 1.41. The summed E-state index contributed by atoms with van der Waals surface area (Å²) in [6, 6.07) is 5.51. The maximum absolute atomic E-state index is 12.3. The maximum Gasteiger partial charge on any atom is 0.255 e. The summed E-state index contributed by atoms with van der Waals surface area (Å²) >= 11 is 5.94. The minimum absolute atomic E-state index is 0.00815. The fourth-order valence-corrected chi connectivity index (χ4v) is 1.75. The van der Waals surface area contributed by atoms with Gasteiger partial charge in [0.15, 0.2) is 0 Å². The fraction of sp³-hybridized carbons (Fsp3) is 0.462. The third kappa shape index (κ3) is 3.13. The van der Waals surface area contributed by atoms with Crippen LogP contribution in [-0.2, 0) is 0 Å². The molecule has 1 amide bonds. The Morgan fingerprint density at radius 3 is 2.71 bits per heavy atom. The van der Waals surface area contributed by atoms with Crippen LogP contribution in [0.25, 0.3) is 0 Å². The van der Waals surface area contributed by atoms with Gasteiger partial charge in [-0.05, 0) is 31.5 Å². The van der Waals surface area contributed by atoms with Crippen molar-refractivity contribution in [1.29, 1.82) is 0 Å². The number of carbonyl (C=O) groups is 1. The first-order chi connectivity index (χ1) is 8.01. The number of nitrogens with zero attached hydrogens (tertiary/aromatic N) is 1. The van der Waals surface area contributed by atoms with E-state index < -0.39 is 0 Å². The lowest BCUT2D eigenvalue weighted by molar-refractivity contribution is 0.0741. The average molecular weight is 255 g/mol. The van der Waals surface area contributed by atoms with Gasteiger partial charge in [0, 0.05) is 30.8 Å². The molecule has 0 heterocycles. The highest BCUT2D eigenvalue weighted by atomic mass is 35.5. The summed E-state index contributed by atoms with van der Waals surface area (Å²) in [6.07, 6.45) is 0.928. The zero-order valence-electron chi connectivity index (χ0n) is 10.7. The van der Waals surface area contributed by atoms with Gasteiger partial charge in [0.2, 0.25) is 0 Å². The highest BCUT2D eigenvalue weighted by molar-refractivity contribution is 6.31. The van der Waals surface area contributed by atoms with Crippen LogP contribution >= 0.6 is 11.6 Å². The second-order valence-corrected chi connectivity index (χ2v) is 4.55. The Hall–Kier alpha value is -1.22. The molecule has 1 N–H and O–H groups in total. The molecular formula is C13H19ClN2O. The Balaban J connectivity index is 3.06. The van der Waals surface area contributed by atoms with Crippen molar-refractivity contribution in [3.8, 4) is 0 Å². The molecule has 0 saturated carbocycles. The number of halogens is 1. The molecule has 17 heavy (non-hydrogen) atoms. The Labute approximate surface area is 108 Å². The molecule has 0 spiro atoms. The molecule has 4 heteroatoms. The Kier molecular flexibility index (Phi) is 4.82. The summed E-state index contributed by atoms with van der Waals surface area (Å²) in [4.78, 5) is 14.0. The minimum atomic E-state index is -0.00815. The van der Waals surface area contributed by atoms with E-state index in [-0.39, 0.29) is 11.9 Å². The SMILES string of the molecule is CCC(C)N(C)C(=O)c1cc(Cl)ccc1NC. The van der Waals surface area contributed by atoms with Gasteiger partial charge in [0.1, 0.15) is 0 Å². The monoisotopic (exact) mass is 254 g/mol. The third-order valence-electron chi connectivity index (χ3n) is 3.05. The summed E-state index contributed by atoms with van der Waals surface area (Å²) in [6.45, 7) is 4.09. The van der Waals surface area contributed by atoms with Gasteiger partial charge in [-0.1, -0.05) is 18.5 Å². The molecule has 1 unspecified atom stereocenters. The second-order valence-electron chi connectivity index (χ2n) is 4.11. The number of carbonyl (C=O) groups excluding carboxylic acids is 1. The van der Waals surface area contributed by atoms with E-state index in [1.807, 2.05) is 20.0 Å². The molecule has 94 valence electrons. The first kappa shape index (κ1) is 13.8. The lowest BCUT2D eigenvalue weighted by Gasteiger charge is -2.25. The predicted octanol–water partition coefficient (Wildman–Crippen LogP) is 3.25. The largest absolute Gasteiger partial charge is 0.387 e. The highest BCUT2D eigenvalue weighted by Crippen LogP contribution is 2.22. The fourth-order valence-electron chi connectivity index (χ4n) is 1.58. The van der Waals surface area contributed by atoms with Crippen LogP contribution in [0.3, 0.4) is 0 Å². The van der Waals surface area contributed by atoms with Crippen LogP contribution in [0.1, 0.15) is 30.6 Å². The molecule has 1 rings (SSSR count). The zero-order chi connectivity index (χ0) is 13.0. The van der Waals surface area contributed by atoms with Crippen molar-refractivity contribution in [2.24, 2.45) is 0 Å². The lowest BCUT2D eigenvalue weighted by Crippen LogP contribution is -2.34. The first-order valence-electron chi connectivity index (χ1n) is 5.75. The van der Waals surface area contributed by atoms with Gasteiger partial charge in [-0.25, -0.2) is 0 Å². The van der Waals surface area contributed by atoms with Crippen molar-refractivity contribution >= 4 is 23.2 Å². The number of nitrogens with one attached hydrogen (secondary N) is 1. The number of anilines is 1. The number of rotatable bonds is 4. The zero-order valence-corrected chi connectivity index (χ0v) is 11.5. The molecule has 1 atom stereocenters. The van der Waals surface area contributed by atoms with Crippen LogP contribution in [-0.4, -0.2) is 30.9 Å². The van der Waals surface area contributed by atoms with Crippen LogP contribution in [0, 0.1) is 0 Å². The molecule has 3 nitrogen and oxygen atoms in total. The topological polar surface area (TPSA) is 32.3 Å². The quantitative estimate of drug-likeness (QED) is 0.895. The standard InChI is InChI=1S/C13H19ClN2O/c1-5-9(2)16(4)13(17)11-8-10(14)6-7-12(11)15-3/h6-9,15H,5H2,1-4H3. The van der Waals surface area contributed by atoms with Crippen molar-refractivity contribution in [3.63, 3.8) is 0 Å². The summed E-state index contributed by atoms with van der Waals surface area (Å²) in [5.74, 6) is -0.00815. The molecule has 0 fully saturated rings. The van der Waals surface area contributed by atoms with Gasteiger partial charge in [0.05, 0.1) is 5.56 Å². The molecule has 0 aromatic heterocycles. The molecular weight excluding hydrogens is 236 g/mol. The molecule has 1 aromatic carbocycles. The van der Waals surface area contributed by atoms with E-state index in [1.54, 1.807) is 24.1 Å². The van der Waals surface area contributed by atoms with Crippen LogP contribution in [0.2, 0.25) is 5.02 Å². The summed E-state index contributed by atoms with van der Waals surface area (Å²) in [5, 5.41) is 3.58. The Morgan fingerprint density at radius 1 is 1.53 bits per heavy atom. The van der Waals surface area contributed by atoms with Crippen molar-refractivity contribution in [1.82, 2.24) is 4.90 Å². The first-order valence-corrected chi connectivity index (χ1v) is 6.13. The van der Waals surface area contributed by atoms with Crippen LogP contribution in [0.15, 0.2) is 18.2 Å². The van der Waals surface area contributed by atoms with Gasteiger partial charge in [-0.3, -0.25) is 4.79 Å². The highest BCUT2D eigenvalue weighted by Gasteiger charge is 2.19. The van der Waals surface area contributed by atoms with E-state index in [9.17, 15) is 4.79 Å². The van der Waals surface area contributed by atoms with Crippen LogP contribution in [0.4, 0.5) is 5.69 Å². The molecule has 0 aliphatic heterocycles. The number of amides is 1. The molecule has 0 saturated heterocycles. The number of hydrogen-bond donors (Lipinski definition) is 1. The lowest BCUT2D eigenvalue weighted by atomic mass is 10.1. The average Bonchev–Trinajstić information content (AvgIpc) is 2.35. The van der Waals surface area contributed by atoms with Gasteiger partial charge in [0.25, 0.3) is 5.91 Å². The second kappa shape index (κ2) is 5.92. The maximum atomic E-state index is 12.3. The van der Waals surface area contributed by atoms with E-state index in [0.29, 0.717) is 10.6 Å². The van der Waals surface area contributed by atoms with Gasteiger partial charge in [-0.15, -0.1) is 0 Å². The van der Waals surface area contributed by atoms with Gasteiger partial charge in [-0.2, -0.15) is 0 Å². The van der Waals surface area contributed by atoms with E-state index in [0.717, 1.165) is 12.1 Å². The van der Waals surface area contributed by atoms with E-state index in [4.69, 9.17) is 11.6 Å². The Bertz CT molecular complexity index is 406. The van der Waals surface area contributed by atoms with Gasteiger partial charge >= 0.3 is 0 Å². The number of hydrogen-bond acceptors (Lipinski definition) is 2.